The van der Waals surface area contributed by atoms with Gasteiger partial charge < -0.3 is 9.88 Å². The van der Waals surface area contributed by atoms with Crippen LogP contribution in [0.15, 0.2) is 42.5 Å². The summed E-state index contributed by atoms with van der Waals surface area (Å²) in [7, 11) is 0. The minimum Gasteiger partial charge on any atom is -0.356 e. The molecule has 1 N–H and O–H groups in total. The largest absolute Gasteiger partial charge is 0.356 e. The van der Waals surface area contributed by atoms with Gasteiger partial charge in [-0.3, -0.25) is 4.79 Å². The van der Waals surface area contributed by atoms with Crippen molar-refractivity contribution in [1.82, 2.24) is 14.9 Å². The molecule has 6 heteroatoms. The van der Waals surface area contributed by atoms with Gasteiger partial charge in [0.25, 0.3) is 0 Å². The van der Waals surface area contributed by atoms with Gasteiger partial charge in [0.05, 0.1) is 21.1 Å². The first-order valence-corrected chi connectivity index (χ1v) is 8.42. The van der Waals surface area contributed by atoms with Crippen LogP contribution >= 0.6 is 23.2 Å². The molecule has 0 saturated carbocycles. The fraction of sp³-hybridized carbons (Fsp3) is 0.222. The van der Waals surface area contributed by atoms with Gasteiger partial charge in [-0.2, -0.15) is 0 Å². The highest BCUT2D eigenvalue weighted by molar-refractivity contribution is 6.42. The van der Waals surface area contributed by atoms with E-state index in [0.29, 0.717) is 29.6 Å². The van der Waals surface area contributed by atoms with Crippen LogP contribution in [0.4, 0.5) is 0 Å². The third kappa shape index (κ3) is 3.71. The second-order valence-corrected chi connectivity index (χ2v) is 6.40. The van der Waals surface area contributed by atoms with Gasteiger partial charge in [-0.05, 0) is 29.8 Å². The number of carbonyl (C=O) groups excluding carboxylic acids is 1. The lowest BCUT2D eigenvalue weighted by Gasteiger charge is -2.10. The lowest BCUT2D eigenvalue weighted by molar-refractivity contribution is -0.118. The lowest BCUT2D eigenvalue weighted by atomic mass is 10.2. The average molecular weight is 362 g/mol. The minimum absolute atomic E-state index is 0.0397. The first-order valence-electron chi connectivity index (χ1n) is 7.67. The number of carbonyl (C=O) groups is 1. The summed E-state index contributed by atoms with van der Waals surface area (Å²) in [6, 6.07) is 13.6. The molecule has 0 bridgehead atoms. The third-order valence-electron chi connectivity index (χ3n) is 3.78. The van der Waals surface area contributed by atoms with Crippen LogP contribution in [0.1, 0.15) is 18.3 Å². The molecule has 1 aromatic heterocycles. The second kappa shape index (κ2) is 7.24. The summed E-state index contributed by atoms with van der Waals surface area (Å²) in [4.78, 5) is 15.8. The fourth-order valence-electron chi connectivity index (χ4n) is 2.66. The van der Waals surface area contributed by atoms with Gasteiger partial charge in [0.2, 0.25) is 5.91 Å². The molecule has 0 unspecified atom stereocenters. The van der Waals surface area contributed by atoms with Crippen molar-refractivity contribution in [2.75, 3.05) is 6.54 Å². The predicted molar refractivity (Wildman–Crippen MR) is 97.7 cm³/mol. The Kier molecular flexibility index (Phi) is 5.07. The van der Waals surface area contributed by atoms with Crippen molar-refractivity contribution in [1.29, 1.82) is 0 Å². The zero-order valence-electron chi connectivity index (χ0n) is 13.2. The molecule has 3 rings (SSSR count). The molecule has 0 saturated heterocycles. The number of para-hydroxylation sites is 2. The Morgan fingerprint density at radius 3 is 2.71 bits per heavy atom. The molecule has 24 heavy (non-hydrogen) atoms. The zero-order valence-corrected chi connectivity index (χ0v) is 14.7. The van der Waals surface area contributed by atoms with Crippen molar-refractivity contribution in [2.45, 2.75) is 19.9 Å². The number of rotatable bonds is 5. The summed E-state index contributed by atoms with van der Waals surface area (Å²) in [6.07, 6.45) is 0.662. The van der Waals surface area contributed by atoms with E-state index in [1.165, 1.54) is 6.92 Å². The maximum absolute atomic E-state index is 11.1. The van der Waals surface area contributed by atoms with E-state index in [1.54, 1.807) is 6.07 Å². The van der Waals surface area contributed by atoms with Crippen LogP contribution in [0.2, 0.25) is 10.0 Å². The van der Waals surface area contributed by atoms with E-state index < -0.39 is 0 Å². The van der Waals surface area contributed by atoms with Gasteiger partial charge in [0, 0.05) is 26.4 Å². The molecule has 124 valence electrons. The van der Waals surface area contributed by atoms with Crippen LogP contribution in [0.3, 0.4) is 0 Å². The van der Waals surface area contributed by atoms with Crippen molar-refractivity contribution in [2.24, 2.45) is 0 Å². The smallest absolute Gasteiger partial charge is 0.216 e. The number of nitrogens with zero attached hydrogens (tertiary/aromatic N) is 2. The third-order valence-corrected chi connectivity index (χ3v) is 4.52. The molecule has 4 nitrogen and oxygen atoms in total. The molecular weight excluding hydrogens is 345 g/mol. The van der Waals surface area contributed by atoms with Crippen molar-refractivity contribution < 1.29 is 4.79 Å². The molecule has 0 fully saturated rings. The van der Waals surface area contributed by atoms with E-state index in [0.717, 1.165) is 22.4 Å². The molecule has 0 aliphatic heterocycles. The van der Waals surface area contributed by atoms with E-state index in [2.05, 4.69) is 9.88 Å². The molecule has 0 atom stereocenters. The van der Waals surface area contributed by atoms with Gasteiger partial charge in [-0.1, -0.05) is 41.4 Å². The molecule has 3 aromatic rings. The average Bonchev–Trinajstić information content (AvgIpc) is 2.89. The zero-order chi connectivity index (χ0) is 17.1. The molecule has 0 aliphatic rings. The molecule has 1 heterocycles. The molecule has 0 radical (unpaired) electrons. The van der Waals surface area contributed by atoms with E-state index in [1.807, 2.05) is 36.4 Å². The first-order chi connectivity index (χ1) is 11.5. The maximum Gasteiger partial charge on any atom is 0.216 e. The number of aromatic nitrogens is 2. The van der Waals surface area contributed by atoms with Crippen LogP contribution in [-0.2, 0) is 17.8 Å². The Morgan fingerprint density at radius 1 is 1.17 bits per heavy atom. The number of imidazole rings is 1. The number of hydrogen-bond donors (Lipinski definition) is 1. The number of halogens is 2. The van der Waals surface area contributed by atoms with E-state index >= 15 is 0 Å². The van der Waals surface area contributed by atoms with Gasteiger partial charge in [0.1, 0.15) is 5.82 Å². The van der Waals surface area contributed by atoms with Crippen LogP contribution in [0.25, 0.3) is 11.0 Å². The van der Waals surface area contributed by atoms with Crippen molar-refractivity contribution in [3.05, 3.63) is 63.9 Å². The lowest BCUT2D eigenvalue weighted by Crippen LogP contribution is -2.23. The van der Waals surface area contributed by atoms with E-state index in [4.69, 9.17) is 28.2 Å². The second-order valence-electron chi connectivity index (χ2n) is 5.58. The van der Waals surface area contributed by atoms with Crippen molar-refractivity contribution >= 4 is 40.1 Å². The first kappa shape index (κ1) is 16.8. The van der Waals surface area contributed by atoms with Crippen LogP contribution in [0, 0.1) is 0 Å². The minimum atomic E-state index is -0.0397. The SMILES string of the molecule is CC(=O)NCCc1nc2ccccc2n1Cc1ccc(Cl)c(Cl)c1. The number of nitrogens with one attached hydrogen (secondary N) is 1. The predicted octanol–water partition coefficient (Wildman–Crippen LogP) is 4.07. The Bertz CT molecular complexity index is 889. The Morgan fingerprint density at radius 2 is 1.96 bits per heavy atom. The van der Waals surface area contributed by atoms with Crippen molar-refractivity contribution in [3.63, 3.8) is 0 Å². The highest BCUT2D eigenvalue weighted by Gasteiger charge is 2.11. The Labute approximate surface area is 150 Å². The fourth-order valence-corrected chi connectivity index (χ4v) is 2.98. The Balaban J connectivity index is 1.94. The van der Waals surface area contributed by atoms with E-state index in [9.17, 15) is 4.79 Å². The van der Waals surface area contributed by atoms with Crippen LogP contribution < -0.4 is 5.32 Å². The molecule has 0 spiro atoms. The van der Waals surface area contributed by atoms with Gasteiger partial charge >= 0.3 is 0 Å². The number of fused-ring (bicyclic) bond motifs is 1. The molecule has 1 amide bonds. The van der Waals surface area contributed by atoms with Gasteiger partial charge in [-0.15, -0.1) is 0 Å². The van der Waals surface area contributed by atoms with Crippen molar-refractivity contribution in [3.8, 4) is 0 Å². The van der Waals surface area contributed by atoms with Crippen LogP contribution in [-0.4, -0.2) is 22.0 Å². The number of hydrogen-bond acceptors (Lipinski definition) is 2. The summed E-state index contributed by atoms with van der Waals surface area (Å²) in [5.74, 6) is 0.887. The summed E-state index contributed by atoms with van der Waals surface area (Å²) in [5.41, 5.74) is 3.05. The molecule has 0 aliphatic carbocycles. The van der Waals surface area contributed by atoms with Crippen LogP contribution in [0.5, 0.6) is 0 Å². The maximum atomic E-state index is 11.1. The van der Waals surface area contributed by atoms with E-state index in [-0.39, 0.29) is 5.91 Å². The standard InChI is InChI=1S/C18H17Cl2N3O/c1-12(24)21-9-8-18-22-16-4-2-3-5-17(16)23(18)11-13-6-7-14(19)15(20)10-13/h2-7,10H,8-9,11H2,1H3,(H,21,24). The highest BCUT2D eigenvalue weighted by Crippen LogP contribution is 2.24. The number of benzene rings is 2. The summed E-state index contributed by atoms with van der Waals surface area (Å²) >= 11 is 12.1. The van der Waals surface area contributed by atoms with Gasteiger partial charge in [-0.25, -0.2) is 4.98 Å². The summed E-state index contributed by atoms with van der Waals surface area (Å²) in [5, 5.41) is 3.90. The molecule has 2 aromatic carbocycles. The summed E-state index contributed by atoms with van der Waals surface area (Å²) in [6.45, 7) is 2.71. The normalized spacial score (nSPS) is 11.0. The summed E-state index contributed by atoms with van der Waals surface area (Å²) < 4.78 is 2.15. The van der Waals surface area contributed by atoms with Gasteiger partial charge in [0.15, 0.2) is 0 Å². The Hall–Kier alpha value is -2.04. The molecular formula is C18H17Cl2N3O. The quantitative estimate of drug-likeness (QED) is 0.744. The highest BCUT2D eigenvalue weighted by atomic mass is 35.5. The topological polar surface area (TPSA) is 46.9 Å². The number of amides is 1. The monoisotopic (exact) mass is 361 g/mol.